The summed E-state index contributed by atoms with van der Waals surface area (Å²) in [7, 11) is 0. The number of hydrogen-bond acceptors (Lipinski definition) is 2. The van der Waals surface area contributed by atoms with Gasteiger partial charge in [0.05, 0.1) is 0 Å². The van der Waals surface area contributed by atoms with Crippen LogP contribution in [0, 0.1) is 6.92 Å². The van der Waals surface area contributed by atoms with E-state index in [1.54, 1.807) is 0 Å². The van der Waals surface area contributed by atoms with Gasteiger partial charge >= 0.3 is 0 Å². The Balaban J connectivity index is 2.28. The van der Waals surface area contributed by atoms with Crippen LogP contribution in [0.3, 0.4) is 0 Å². The molecule has 2 heterocycles. The van der Waals surface area contributed by atoms with Crippen LogP contribution in [-0.2, 0) is 0 Å². The number of hydrogen-bond donors (Lipinski definition) is 1. The maximum absolute atomic E-state index is 4.14. The molecule has 0 radical (unpaired) electrons. The van der Waals surface area contributed by atoms with E-state index in [9.17, 15) is 0 Å². The molecule has 0 fully saturated rings. The van der Waals surface area contributed by atoms with Gasteiger partial charge in [-0.1, -0.05) is 30.3 Å². The summed E-state index contributed by atoms with van der Waals surface area (Å²) in [6.07, 6.45) is 1.95. The van der Waals surface area contributed by atoms with E-state index in [1.165, 1.54) is 0 Å². The van der Waals surface area contributed by atoms with Gasteiger partial charge in [0, 0.05) is 11.8 Å². The minimum absolute atomic E-state index is 0.868. The molecule has 0 spiro atoms. The van der Waals surface area contributed by atoms with Crippen LogP contribution in [0.15, 0.2) is 36.5 Å². The monoisotopic (exact) mass is 198 g/mol. The molecule has 2 aromatic heterocycles. The molecule has 0 amide bonds. The molecule has 4 nitrogen and oxygen atoms in total. The van der Waals surface area contributed by atoms with E-state index in [0.29, 0.717) is 0 Å². The summed E-state index contributed by atoms with van der Waals surface area (Å²) < 4.78 is 1.88. The third kappa shape index (κ3) is 1.15. The van der Waals surface area contributed by atoms with Crippen molar-refractivity contribution in [3.63, 3.8) is 0 Å². The van der Waals surface area contributed by atoms with E-state index < -0.39 is 0 Å². The van der Waals surface area contributed by atoms with Crippen LogP contribution in [0.1, 0.15) is 5.82 Å². The lowest BCUT2D eigenvalue weighted by Crippen LogP contribution is -1.85. The fraction of sp³-hybridized carbons (Fsp3) is 0.0909. The van der Waals surface area contributed by atoms with Gasteiger partial charge in [-0.05, 0) is 12.5 Å². The number of nitrogens with one attached hydrogen (secondary N) is 1. The Hall–Kier alpha value is -2.10. The van der Waals surface area contributed by atoms with E-state index in [2.05, 4.69) is 27.4 Å². The first-order valence-corrected chi connectivity index (χ1v) is 4.81. The lowest BCUT2D eigenvalue weighted by atomic mass is 10.1. The Bertz CT molecular complexity index is 591. The lowest BCUT2D eigenvalue weighted by molar-refractivity contribution is 0.894. The van der Waals surface area contributed by atoms with Gasteiger partial charge in [0.25, 0.3) is 0 Å². The highest BCUT2D eigenvalue weighted by Crippen LogP contribution is 2.22. The van der Waals surface area contributed by atoms with Crippen molar-refractivity contribution in [1.29, 1.82) is 0 Å². The predicted octanol–water partition coefficient (Wildman–Crippen LogP) is 2.03. The van der Waals surface area contributed by atoms with Gasteiger partial charge in [-0.15, -0.1) is 10.2 Å². The Labute approximate surface area is 86.6 Å². The lowest BCUT2D eigenvalue weighted by Gasteiger charge is -1.94. The number of benzene rings is 1. The third-order valence-electron chi connectivity index (χ3n) is 2.49. The summed E-state index contributed by atoms with van der Waals surface area (Å²) in [5.41, 5.74) is 3.10. The minimum atomic E-state index is 0.868. The van der Waals surface area contributed by atoms with E-state index >= 15 is 0 Å². The second-order valence-corrected chi connectivity index (χ2v) is 3.46. The quantitative estimate of drug-likeness (QED) is 0.650. The second kappa shape index (κ2) is 2.95. The maximum atomic E-state index is 4.14. The summed E-state index contributed by atoms with van der Waals surface area (Å²) in [4.78, 5) is 0. The molecule has 0 aliphatic carbocycles. The SMILES string of the molecule is Cc1nnc2c(-c3ccccc3)c[nH]n12. The third-order valence-corrected chi connectivity index (χ3v) is 2.49. The molecule has 3 aromatic rings. The van der Waals surface area contributed by atoms with Gasteiger partial charge in [0.15, 0.2) is 5.65 Å². The first-order valence-electron chi connectivity index (χ1n) is 4.81. The number of aryl methyl sites for hydroxylation is 1. The zero-order valence-corrected chi connectivity index (χ0v) is 8.31. The topological polar surface area (TPSA) is 46.0 Å². The molecule has 0 saturated carbocycles. The number of rotatable bonds is 1. The van der Waals surface area contributed by atoms with Crippen molar-refractivity contribution in [2.75, 3.05) is 0 Å². The smallest absolute Gasteiger partial charge is 0.185 e. The molecule has 0 bridgehead atoms. The van der Waals surface area contributed by atoms with Crippen LogP contribution in [0.5, 0.6) is 0 Å². The molecule has 74 valence electrons. The minimum Gasteiger partial charge on any atom is -0.298 e. The number of aromatic amines is 1. The van der Waals surface area contributed by atoms with Crippen molar-refractivity contribution < 1.29 is 0 Å². The highest BCUT2D eigenvalue weighted by atomic mass is 15.4. The van der Waals surface area contributed by atoms with E-state index in [1.807, 2.05) is 35.8 Å². The number of H-pyrrole nitrogens is 1. The largest absolute Gasteiger partial charge is 0.298 e. The van der Waals surface area contributed by atoms with Gasteiger partial charge in [0.1, 0.15) is 5.82 Å². The maximum Gasteiger partial charge on any atom is 0.185 e. The molecule has 1 aromatic carbocycles. The molecule has 0 aliphatic rings. The average Bonchev–Trinajstić information content (AvgIpc) is 2.83. The highest BCUT2D eigenvalue weighted by molar-refractivity contribution is 5.76. The Morgan fingerprint density at radius 3 is 2.73 bits per heavy atom. The molecular formula is C11H10N4. The highest BCUT2D eigenvalue weighted by Gasteiger charge is 2.09. The van der Waals surface area contributed by atoms with Gasteiger partial charge in [-0.2, -0.15) is 0 Å². The first kappa shape index (κ1) is 8.23. The van der Waals surface area contributed by atoms with Crippen LogP contribution in [0.4, 0.5) is 0 Å². The van der Waals surface area contributed by atoms with E-state index in [-0.39, 0.29) is 0 Å². The van der Waals surface area contributed by atoms with Crippen LogP contribution in [0.2, 0.25) is 0 Å². The summed E-state index contributed by atoms with van der Waals surface area (Å²) in [6.45, 7) is 1.92. The molecule has 0 unspecified atom stereocenters. The van der Waals surface area contributed by atoms with Gasteiger partial charge < -0.3 is 0 Å². The van der Waals surface area contributed by atoms with Crippen LogP contribution < -0.4 is 0 Å². The fourth-order valence-corrected chi connectivity index (χ4v) is 1.72. The summed E-state index contributed by atoms with van der Waals surface area (Å²) in [5.74, 6) is 0.868. The molecule has 1 N–H and O–H groups in total. The summed E-state index contributed by atoms with van der Waals surface area (Å²) >= 11 is 0. The molecule has 4 heteroatoms. The van der Waals surface area contributed by atoms with Gasteiger partial charge in [-0.3, -0.25) is 5.10 Å². The Kier molecular flexibility index (Phi) is 1.62. The molecule has 0 aliphatic heterocycles. The van der Waals surface area contributed by atoms with Crippen LogP contribution in [-0.4, -0.2) is 19.8 Å². The molecule has 0 atom stereocenters. The zero-order valence-electron chi connectivity index (χ0n) is 8.31. The number of fused-ring (bicyclic) bond motifs is 1. The normalized spacial score (nSPS) is 11.0. The average molecular weight is 198 g/mol. The van der Waals surface area contributed by atoms with Crippen molar-refractivity contribution in [3.8, 4) is 11.1 Å². The molecule has 3 rings (SSSR count). The van der Waals surface area contributed by atoms with Crippen molar-refractivity contribution in [2.45, 2.75) is 6.92 Å². The van der Waals surface area contributed by atoms with E-state index in [0.717, 1.165) is 22.6 Å². The number of nitrogens with zero attached hydrogens (tertiary/aromatic N) is 3. The van der Waals surface area contributed by atoms with E-state index in [4.69, 9.17) is 0 Å². The van der Waals surface area contributed by atoms with Crippen molar-refractivity contribution in [3.05, 3.63) is 42.4 Å². The number of aromatic nitrogens is 4. The van der Waals surface area contributed by atoms with Crippen LogP contribution >= 0.6 is 0 Å². The summed E-state index contributed by atoms with van der Waals surface area (Å²) in [6, 6.07) is 10.2. The van der Waals surface area contributed by atoms with Gasteiger partial charge in [0.2, 0.25) is 0 Å². The molecule has 15 heavy (non-hydrogen) atoms. The van der Waals surface area contributed by atoms with Crippen molar-refractivity contribution in [1.82, 2.24) is 19.8 Å². The summed E-state index contributed by atoms with van der Waals surface area (Å²) in [5, 5.41) is 11.3. The van der Waals surface area contributed by atoms with Crippen LogP contribution in [0.25, 0.3) is 16.8 Å². The Morgan fingerprint density at radius 1 is 1.13 bits per heavy atom. The zero-order chi connectivity index (χ0) is 10.3. The second-order valence-electron chi connectivity index (χ2n) is 3.46. The van der Waals surface area contributed by atoms with Gasteiger partial charge in [-0.25, -0.2) is 4.52 Å². The molecule has 0 saturated heterocycles. The standard InChI is InChI=1S/C11H10N4/c1-8-13-14-11-10(7-12-15(8)11)9-5-3-2-4-6-9/h2-7,12H,1H3. The van der Waals surface area contributed by atoms with Crippen molar-refractivity contribution in [2.24, 2.45) is 0 Å². The van der Waals surface area contributed by atoms with Crippen molar-refractivity contribution >= 4 is 5.65 Å². The fourth-order valence-electron chi connectivity index (χ4n) is 1.72. The Morgan fingerprint density at radius 2 is 1.93 bits per heavy atom. The molecular weight excluding hydrogens is 188 g/mol. The first-order chi connectivity index (χ1) is 7.36. The predicted molar refractivity (Wildman–Crippen MR) is 57.5 cm³/mol.